The predicted molar refractivity (Wildman–Crippen MR) is 135 cm³/mol. The van der Waals surface area contributed by atoms with E-state index in [1.165, 1.54) is 0 Å². The molecule has 4 heterocycles. The number of hydrogen-bond donors (Lipinski definition) is 2. The van der Waals surface area contributed by atoms with Crippen LogP contribution in [-0.2, 0) is 12.7 Å². The highest BCUT2D eigenvalue weighted by atomic mass is 79.9. The summed E-state index contributed by atoms with van der Waals surface area (Å²) in [4.78, 5) is 17.2. The lowest BCUT2D eigenvalue weighted by molar-refractivity contribution is -0.141. The zero-order chi connectivity index (χ0) is 25.9. The minimum Gasteiger partial charge on any atom is -0.496 e. The topological polar surface area (TPSA) is 81.1 Å². The first-order chi connectivity index (χ1) is 17.0. The number of benzene rings is 1. The van der Waals surface area contributed by atoms with Crippen molar-refractivity contribution in [2.24, 2.45) is 0 Å². The van der Waals surface area contributed by atoms with E-state index in [0.717, 1.165) is 44.4 Å². The average Bonchev–Trinajstić information content (AvgIpc) is 3.32. The molecule has 1 aliphatic rings. The van der Waals surface area contributed by atoms with Crippen LogP contribution in [0.3, 0.4) is 0 Å². The Kier molecular flexibility index (Phi) is 5.98. The van der Waals surface area contributed by atoms with Crippen molar-refractivity contribution in [1.29, 1.82) is 0 Å². The quantitative estimate of drug-likeness (QED) is 0.305. The van der Waals surface area contributed by atoms with Gasteiger partial charge in [0, 0.05) is 10.9 Å². The van der Waals surface area contributed by atoms with E-state index >= 15 is 0 Å². The molecule has 0 unspecified atom stereocenters. The maximum absolute atomic E-state index is 13.3. The van der Waals surface area contributed by atoms with Gasteiger partial charge in [-0.25, -0.2) is 4.98 Å². The second-order valence-corrected chi connectivity index (χ2v) is 10.4. The lowest BCUT2D eigenvalue weighted by Gasteiger charge is -2.27. The van der Waals surface area contributed by atoms with Crippen LogP contribution in [0.15, 0.2) is 28.7 Å². The van der Waals surface area contributed by atoms with Crippen molar-refractivity contribution < 1.29 is 22.7 Å². The summed E-state index contributed by atoms with van der Waals surface area (Å²) in [6, 6.07) is 6.59. The third-order valence-electron chi connectivity index (χ3n) is 6.17. The number of nitrogens with one attached hydrogen (secondary N) is 2. The first-order valence-electron chi connectivity index (χ1n) is 10.9. The van der Waals surface area contributed by atoms with E-state index in [0.29, 0.717) is 33.8 Å². The van der Waals surface area contributed by atoms with Crippen LogP contribution in [-0.4, -0.2) is 27.8 Å². The second kappa shape index (κ2) is 8.77. The molecule has 188 valence electrons. The van der Waals surface area contributed by atoms with Crippen molar-refractivity contribution >= 4 is 49.1 Å². The molecule has 0 saturated carbocycles. The van der Waals surface area contributed by atoms with Crippen LogP contribution in [0.2, 0.25) is 0 Å². The highest BCUT2D eigenvalue weighted by Gasteiger charge is 2.35. The zero-order valence-corrected chi connectivity index (χ0v) is 22.1. The third-order valence-corrected chi connectivity index (χ3v) is 8.40. The maximum atomic E-state index is 13.3. The smallest absolute Gasteiger partial charge is 0.433 e. The minimum atomic E-state index is -4.57. The summed E-state index contributed by atoms with van der Waals surface area (Å²) in [5.41, 5.74) is 3.38. The fourth-order valence-corrected chi connectivity index (χ4v) is 5.76. The summed E-state index contributed by atoms with van der Waals surface area (Å²) < 4.78 is 48.2. The number of methoxy groups -OCH3 is 1. The molecule has 0 radical (unpaired) electrons. The van der Waals surface area contributed by atoms with E-state index in [1.807, 2.05) is 36.7 Å². The van der Waals surface area contributed by atoms with E-state index in [9.17, 15) is 18.0 Å². The molecule has 0 aliphatic carbocycles. The summed E-state index contributed by atoms with van der Waals surface area (Å²) in [6.07, 6.45) is -5.16. The molecule has 0 bridgehead atoms. The third kappa shape index (κ3) is 4.11. The van der Waals surface area contributed by atoms with Crippen LogP contribution < -0.4 is 15.4 Å². The molecule has 36 heavy (non-hydrogen) atoms. The molecule has 3 aromatic heterocycles. The fourth-order valence-electron chi connectivity index (χ4n) is 4.36. The van der Waals surface area contributed by atoms with Crippen molar-refractivity contribution in [3.8, 4) is 5.75 Å². The second-order valence-electron chi connectivity index (χ2n) is 8.57. The number of carbonyl (C=O) groups is 1. The Morgan fingerprint density at radius 1 is 1.19 bits per heavy atom. The lowest BCUT2D eigenvalue weighted by Crippen LogP contribution is -2.37. The van der Waals surface area contributed by atoms with Crippen molar-refractivity contribution in [3.63, 3.8) is 0 Å². The number of aryl methyl sites for hydroxylation is 2. The number of rotatable bonds is 4. The summed E-state index contributed by atoms with van der Waals surface area (Å²) in [5.74, 6) is 0.301. The lowest BCUT2D eigenvalue weighted by atomic mass is 10.0. The highest BCUT2D eigenvalue weighted by molar-refractivity contribution is 9.10. The van der Waals surface area contributed by atoms with E-state index in [-0.39, 0.29) is 10.7 Å². The number of fused-ring (bicyclic) bond motifs is 3. The number of amides is 1. The van der Waals surface area contributed by atoms with Gasteiger partial charge < -0.3 is 15.4 Å². The first kappa shape index (κ1) is 24.6. The van der Waals surface area contributed by atoms with Gasteiger partial charge >= 0.3 is 6.18 Å². The van der Waals surface area contributed by atoms with Gasteiger partial charge in [-0.1, -0.05) is 6.07 Å². The number of hydrogen-bond acceptors (Lipinski definition) is 6. The van der Waals surface area contributed by atoms with Gasteiger partial charge in [-0.05, 0) is 66.0 Å². The predicted octanol–water partition coefficient (Wildman–Crippen LogP) is 6.11. The van der Waals surface area contributed by atoms with Gasteiger partial charge in [-0.2, -0.15) is 18.3 Å². The number of halogens is 4. The van der Waals surface area contributed by atoms with Gasteiger partial charge in [-0.15, -0.1) is 11.3 Å². The van der Waals surface area contributed by atoms with Gasteiger partial charge in [0.15, 0.2) is 0 Å². The van der Waals surface area contributed by atoms with Crippen LogP contribution in [0.5, 0.6) is 5.75 Å². The average molecular weight is 580 g/mol. The van der Waals surface area contributed by atoms with Gasteiger partial charge in [0.25, 0.3) is 5.91 Å². The molecule has 0 fully saturated rings. The highest BCUT2D eigenvalue weighted by Crippen LogP contribution is 2.43. The number of ether oxygens (including phenoxy) is 1. The molecule has 1 aromatic carbocycles. The largest absolute Gasteiger partial charge is 0.496 e. The van der Waals surface area contributed by atoms with Gasteiger partial charge in [-0.3, -0.25) is 9.48 Å². The van der Waals surface area contributed by atoms with Crippen molar-refractivity contribution in [1.82, 2.24) is 20.1 Å². The Labute approximate surface area is 216 Å². The van der Waals surface area contributed by atoms with E-state index in [4.69, 9.17) is 4.74 Å². The molecule has 5 rings (SSSR count). The Morgan fingerprint density at radius 3 is 2.58 bits per heavy atom. The number of nitrogens with zero attached hydrogens (tertiary/aromatic N) is 3. The molecule has 1 amide bonds. The van der Waals surface area contributed by atoms with Crippen molar-refractivity contribution in [2.45, 2.75) is 39.7 Å². The van der Waals surface area contributed by atoms with Crippen LogP contribution in [0.4, 0.5) is 18.9 Å². The van der Waals surface area contributed by atoms with E-state index in [2.05, 4.69) is 36.6 Å². The Balaban J connectivity index is 1.53. The number of alkyl halides is 3. The zero-order valence-electron chi connectivity index (χ0n) is 19.7. The van der Waals surface area contributed by atoms with Gasteiger partial charge in [0.05, 0.1) is 35.2 Å². The van der Waals surface area contributed by atoms with Gasteiger partial charge in [0.1, 0.15) is 27.3 Å². The Morgan fingerprint density at radius 2 is 1.94 bits per heavy atom. The van der Waals surface area contributed by atoms with Crippen LogP contribution in [0.1, 0.15) is 49.6 Å². The normalized spacial score (nSPS) is 15.6. The van der Waals surface area contributed by atoms with Crippen LogP contribution in [0.25, 0.3) is 10.2 Å². The molecule has 1 atom stereocenters. The summed E-state index contributed by atoms with van der Waals surface area (Å²) >= 11 is 4.49. The number of aromatic nitrogens is 3. The number of thiophene rings is 1. The molecular weight excluding hydrogens is 559 g/mol. The Bertz CT molecular complexity index is 1530. The monoisotopic (exact) mass is 579 g/mol. The van der Waals surface area contributed by atoms with Crippen LogP contribution in [0, 0.1) is 20.8 Å². The van der Waals surface area contributed by atoms with Crippen LogP contribution >= 0.6 is 27.3 Å². The summed E-state index contributed by atoms with van der Waals surface area (Å²) in [6.45, 7) is 5.92. The standard InChI is InChI=1S/C24H21BrF3N5O2S/c1-10-7-16(24(26,27)28)29-23-17(10)19-20(36-23)22(34)31-21(30-19)13-5-6-15(35-4)14(8-13)9-33-12(3)18(25)11(2)32-33/h5-8,21,30H,9H2,1-4H3,(H,31,34)/t21-/m1/s1. The molecule has 2 N–H and O–H groups in total. The molecule has 12 heteroatoms. The molecule has 0 saturated heterocycles. The minimum absolute atomic E-state index is 0.168. The van der Waals surface area contributed by atoms with Gasteiger partial charge in [0.2, 0.25) is 0 Å². The number of anilines is 1. The molecule has 1 aliphatic heterocycles. The summed E-state index contributed by atoms with van der Waals surface area (Å²) in [7, 11) is 1.59. The number of pyridine rings is 1. The molecule has 0 spiro atoms. The number of carbonyl (C=O) groups excluding carboxylic acids is 1. The summed E-state index contributed by atoms with van der Waals surface area (Å²) in [5, 5.41) is 11.3. The maximum Gasteiger partial charge on any atom is 0.433 e. The first-order valence-corrected chi connectivity index (χ1v) is 12.5. The van der Waals surface area contributed by atoms with Crippen molar-refractivity contribution in [3.05, 3.63) is 67.4 Å². The van der Waals surface area contributed by atoms with E-state index in [1.54, 1.807) is 14.0 Å². The fraction of sp³-hybridized carbons (Fsp3) is 0.292. The van der Waals surface area contributed by atoms with Crippen molar-refractivity contribution in [2.75, 3.05) is 12.4 Å². The molecular formula is C24H21BrF3N5O2S. The Hall–Kier alpha value is -3.12. The molecule has 4 aromatic rings. The molecule has 7 nitrogen and oxygen atoms in total. The SMILES string of the molecule is COc1ccc([C@H]2NC(=O)c3sc4nc(C(F)(F)F)cc(C)c4c3N2)cc1Cn1nc(C)c(Br)c1C. The van der Waals surface area contributed by atoms with E-state index < -0.39 is 18.0 Å².